The number of nitrogens with zero attached hydrogens (tertiary/aromatic N) is 3. The van der Waals surface area contributed by atoms with Crippen molar-refractivity contribution in [3.63, 3.8) is 0 Å². The molecule has 0 bridgehead atoms. The molecule has 27 heavy (non-hydrogen) atoms. The maximum atomic E-state index is 13.2. The highest BCUT2D eigenvalue weighted by Crippen LogP contribution is 2.31. The molecule has 0 unspecified atom stereocenters. The van der Waals surface area contributed by atoms with Gasteiger partial charge in [0, 0.05) is 25.2 Å². The van der Waals surface area contributed by atoms with Gasteiger partial charge in [-0.2, -0.15) is 4.99 Å². The fraction of sp³-hybridized carbons (Fsp3) is 0.529. The van der Waals surface area contributed by atoms with Crippen molar-refractivity contribution in [3.05, 3.63) is 23.8 Å². The van der Waals surface area contributed by atoms with E-state index in [9.17, 15) is 13.2 Å². The number of nitrogens with two attached hydrogens (primary N) is 2. The molecule has 1 heterocycles. The lowest BCUT2D eigenvalue weighted by molar-refractivity contribution is -0.0482. The van der Waals surface area contributed by atoms with E-state index >= 15 is 0 Å². The van der Waals surface area contributed by atoms with Crippen LogP contribution in [0.5, 0.6) is 0 Å². The molecule has 0 atom stereocenters. The summed E-state index contributed by atoms with van der Waals surface area (Å²) in [4.78, 5) is 22.8. The van der Waals surface area contributed by atoms with Crippen LogP contribution in [0.1, 0.15) is 43.0 Å². The number of hydrogen-bond donors (Lipinski definition) is 2. The zero-order valence-electron chi connectivity index (χ0n) is 15.7. The van der Waals surface area contributed by atoms with Gasteiger partial charge in [-0.25, -0.2) is 8.42 Å². The molecule has 0 aliphatic carbocycles. The Hall–Kier alpha value is -2.17. The zero-order chi connectivity index (χ0) is 20.0. The minimum absolute atomic E-state index is 0.0105. The lowest BCUT2D eigenvalue weighted by Crippen LogP contribution is -2.35. The van der Waals surface area contributed by atoms with E-state index in [0.29, 0.717) is 12.1 Å². The Morgan fingerprint density at radius 3 is 2.48 bits per heavy atom. The van der Waals surface area contributed by atoms with E-state index in [1.54, 1.807) is 6.07 Å². The summed E-state index contributed by atoms with van der Waals surface area (Å²) in [7, 11) is -2.66. The summed E-state index contributed by atoms with van der Waals surface area (Å²) in [6.45, 7) is 3.56. The Labute approximate surface area is 160 Å². The monoisotopic (exact) mass is 397 g/mol. The molecule has 9 nitrogen and oxygen atoms in total. The number of carbonyl (C=O) groups excluding carboxylic acids is 1. The van der Waals surface area contributed by atoms with Gasteiger partial charge < -0.3 is 16.4 Å². The molecule has 1 aromatic carbocycles. The van der Waals surface area contributed by atoms with E-state index < -0.39 is 15.9 Å². The molecule has 0 saturated carbocycles. The topological polar surface area (TPSA) is 131 Å². The first-order valence-corrected chi connectivity index (χ1v) is 10.3. The molecule has 1 aliphatic heterocycles. The van der Waals surface area contributed by atoms with E-state index in [0.717, 1.165) is 36.8 Å². The van der Waals surface area contributed by atoms with Gasteiger partial charge in [-0.05, 0) is 43.9 Å². The van der Waals surface area contributed by atoms with Crippen LogP contribution < -0.4 is 16.4 Å². The smallest absolute Gasteiger partial charge is 0.280 e. The first-order valence-electron chi connectivity index (χ1n) is 8.91. The molecule has 10 heteroatoms. The number of aliphatic imine (C=N–C) groups is 1. The number of hydrogen-bond acceptors (Lipinski definition) is 5. The predicted octanol–water partition coefficient (Wildman–Crippen LogP) is 1.05. The second-order valence-corrected chi connectivity index (χ2v) is 8.08. The number of rotatable bonds is 7. The first kappa shape index (κ1) is 21.1. The van der Waals surface area contributed by atoms with Gasteiger partial charge in [0.05, 0.1) is 12.8 Å². The van der Waals surface area contributed by atoms with Crippen LogP contribution in [0.3, 0.4) is 0 Å². The highest BCUT2D eigenvalue weighted by molar-refractivity contribution is 7.89. The van der Waals surface area contributed by atoms with Gasteiger partial charge in [-0.1, -0.05) is 11.4 Å². The summed E-state index contributed by atoms with van der Waals surface area (Å²) in [5.74, 6) is -1.08. The molecule has 0 radical (unpaired) electrons. The number of carbonyl (C=O) groups is 1. The lowest BCUT2D eigenvalue weighted by atomic mass is 10.1. The molecule has 2 rings (SSSR count). The Kier molecular flexibility index (Phi) is 7.17. The first-order chi connectivity index (χ1) is 12.8. The Morgan fingerprint density at radius 2 is 1.93 bits per heavy atom. The summed E-state index contributed by atoms with van der Waals surface area (Å²) < 4.78 is 27.3. The van der Waals surface area contributed by atoms with Gasteiger partial charge in [-0.15, -0.1) is 0 Å². The lowest BCUT2D eigenvalue weighted by Gasteiger charge is -2.31. The van der Waals surface area contributed by atoms with Gasteiger partial charge in [-0.3, -0.25) is 9.63 Å². The second kappa shape index (κ2) is 9.16. The molecule has 1 amide bonds. The van der Waals surface area contributed by atoms with Crippen molar-refractivity contribution in [1.29, 1.82) is 0 Å². The highest BCUT2D eigenvalue weighted by atomic mass is 32.2. The number of benzene rings is 1. The van der Waals surface area contributed by atoms with Crippen LogP contribution >= 0.6 is 0 Å². The maximum absolute atomic E-state index is 13.2. The Morgan fingerprint density at radius 1 is 1.26 bits per heavy atom. The number of piperidine rings is 1. The third-order valence-corrected chi connectivity index (χ3v) is 6.04. The average Bonchev–Trinajstić information content (AvgIpc) is 2.65. The van der Waals surface area contributed by atoms with Crippen LogP contribution in [0.4, 0.5) is 5.69 Å². The normalized spacial score (nSPS) is 15.0. The number of hydroxylamine groups is 1. The van der Waals surface area contributed by atoms with Gasteiger partial charge >= 0.3 is 0 Å². The maximum Gasteiger partial charge on any atom is 0.280 e. The van der Waals surface area contributed by atoms with Crippen molar-refractivity contribution in [1.82, 2.24) is 4.47 Å². The van der Waals surface area contributed by atoms with Crippen molar-refractivity contribution < 1.29 is 18.0 Å². The third kappa shape index (κ3) is 4.96. The third-order valence-electron chi connectivity index (χ3n) is 4.29. The van der Waals surface area contributed by atoms with E-state index in [-0.39, 0.29) is 23.0 Å². The zero-order valence-corrected chi connectivity index (χ0v) is 16.5. The van der Waals surface area contributed by atoms with Gasteiger partial charge in [0.25, 0.3) is 15.9 Å². The van der Waals surface area contributed by atoms with Crippen LogP contribution in [0.2, 0.25) is 0 Å². The van der Waals surface area contributed by atoms with Crippen molar-refractivity contribution in [3.8, 4) is 0 Å². The van der Waals surface area contributed by atoms with Crippen LogP contribution in [0, 0.1) is 0 Å². The van der Waals surface area contributed by atoms with E-state index in [1.165, 1.54) is 19.2 Å². The Balaban J connectivity index is 2.57. The largest absolute Gasteiger partial charge is 0.370 e. The average molecular weight is 398 g/mol. The molecular formula is C17H27N5O4S. The minimum atomic E-state index is -3.97. The van der Waals surface area contributed by atoms with Gasteiger partial charge in [0.2, 0.25) is 0 Å². The molecule has 1 saturated heterocycles. The quantitative estimate of drug-likeness (QED) is 0.399. The van der Waals surface area contributed by atoms with Gasteiger partial charge in [0.15, 0.2) is 5.96 Å². The minimum Gasteiger partial charge on any atom is -0.370 e. The van der Waals surface area contributed by atoms with Crippen LogP contribution in [0.15, 0.2) is 28.1 Å². The van der Waals surface area contributed by atoms with E-state index in [2.05, 4.69) is 4.99 Å². The second-order valence-electron chi connectivity index (χ2n) is 6.29. The summed E-state index contributed by atoms with van der Waals surface area (Å²) >= 11 is 0. The fourth-order valence-corrected chi connectivity index (χ4v) is 4.61. The molecule has 0 spiro atoms. The number of guanidine groups is 1. The fourth-order valence-electron chi connectivity index (χ4n) is 3.03. The summed E-state index contributed by atoms with van der Waals surface area (Å²) in [5, 5.41) is 0. The standard InChI is InChI=1S/C17H27N5O4S/c1-3-9-22(26-2)27(24,25)15-12-13(16(23)20-17(18)19)7-8-14(15)21-10-5-4-6-11-21/h7-8,12H,3-6,9-11H2,1-2H3,(H4,18,19,20,23). The molecule has 1 aromatic rings. The summed E-state index contributed by atoms with van der Waals surface area (Å²) in [5.41, 5.74) is 11.2. The van der Waals surface area contributed by atoms with Crippen LogP contribution in [-0.4, -0.2) is 51.5 Å². The molecule has 0 aromatic heterocycles. The molecule has 150 valence electrons. The SMILES string of the molecule is CCCN(OC)S(=O)(=O)c1cc(C(=O)N=C(N)N)ccc1N1CCCCC1. The highest BCUT2D eigenvalue weighted by Gasteiger charge is 2.30. The van der Waals surface area contributed by atoms with Crippen LogP contribution in [0.25, 0.3) is 0 Å². The molecular weight excluding hydrogens is 370 g/mol. The van der Waals surface area contributed by atoms with E-state index in [4.69, 9.17) is 16.3 Å². The van der Waals surface area contributed by atoms with E-state index in [1.807, 2.05) is 11.8 Å². The summed E-state index contributed by atoms with van der Waals surface area (Å²) in [6, 6.07) is 4.48. The summed E-state index contributed by atoms with van der Waals surface area (Å²) in [6.07, 6.45) is 3.66. The van der Waals surface area contributed by atoms with Crippen molar-refractivity contribution >= 4 is 27.6 Å². The molecule has 4 N–H and O–H groups in total. The van der Waals surface area contributed by atoms with Crippen LogP contribution in [-0.2, 0) is 14.9 Å². The molecule has 1 fully saturated rings. The Bertz CT molecular complexity index is 800. The number of sulfonamides is 1. The number of anilines is 1. The van der Waals surface area contributed by atoms with Crippen molar-refractivity contribution in [2.24, 2.45) is 16.5 Å². The predicted molar refractivity (Wildman–Crippen MR) is 104 cm³/mol. The van der Waals surface area contributed by atoms with Gasteiger partial charge in [0.1, 0.15) is 4.90 Å². The van der Waals surface area contributed by atoms with Crippen molar-refractivity contribution in [2.45, 2.75) is 37.5 Å². The number of amides is 1. The van der Waals surface area contributed by atoms with Crippen molar-refractivity contribution in [2.75, 3.05) is 31.6 Å². The molecule has 1 aliphatic rings.